The molecule has 1 aliphatic rings. The van der Waals surface area contributed by atoms with E-state index in [9.17, 15) is 15.0 Å². The number of aromatic hydroxyl groups is 1. The molecule has 3 aromatic rings. The number of carbonyl (C=O) groups is 1. The number of anilines is 1. The molecule has 4 rings (SSSR count). The fraction of sp³-hybridized carbons (Fsp3) is 0.444. The van der Waals surface area contributed by atoms with Crippen molar-refractivity contribution in [2.24, 2.45) is 0 Å². The van der Waals surface area contributed by atoms with Gasteiger partial charge in [-0.1, -0.05) is 38.5 Å². The first-order chi connectivity index (χ1) is 16.3. The predicted octanol–water partition coefficient (Wildman–Crippen LogP) is 4.29. The van der Waals surface area contributed by atoms with Crippen molar-refractivity contribution in [3.05, 3.63) is 48.0 Å². The summed E-state index contributed by atoms with van der Waals surface area (Å²) in [7, 11) is 0. The van der Waals surface area contributed by atoms with Crippen molar-refractivity contribution in [1.82, 2.24) is 14.9 Å². The van der Waals surface area contributed by atoms with E-state index in [2.05, 4.69) is 4.90 Å². The Morgan fingerprint density at radius 3 is 2.47 bits per heavy atom. The molecule has 0 bridgehead atoms. The minimum absolute atomic E-state index is 0.00974. The summed E-state index contributed by atoms with van der Waals surface area (Å²) in [5, 5.41) is 22.1. The molecule has 0 saturated carbocycles. The van der Waals surface area contributed by atoms with E-state index in [0.29, 0.717) is 50.4 Å². The number of aliphatic hydroxyl groups is 1. The molecule has 2 N–H and O–H groups in total. The zero-order valence-corrected chi connectivity index (χ0v) is 20.3. The number of carbonyl (C=O) groups excluding carboxylic acids is 1. The number of para-hydroxylation sites is 1. The molecule has 1 fully saturated rings. The SMILES string of the molecule is CCCC(O)(CC)CC(=O)N1CCN(c2nc(-c3ccccc3O)nc3cc(C)ccc23)CC1. The third kappa shape index (κ3) is 4.99. The zero-order chi connectivity index (χ0) is 24.3. The summed E-state index contributed by atoms with van der Waals surface area (Å²) in [5.41, 5.74) is 1.60. The van der Waals surface area contributed by atoms with Crippen molar-refractivity contribution in [1.29, 1.82) is 0 Å². The maximum absolute atomic E-state index is 12.9. The van der Waals surface area contributed by atoms with Crippen LogP contribution >= 0.6 is 0 Å². The summed E-state index contributed by atoms with van der Waals surface area (Å²) in [4.78, 5) is 26.6. The summed E-state index contributed by atoms with van der Waals surface area (Å²) >= 11 is 0. The van der Waals surface area contributed by atoms with Crippen LogP contribution in [0.4, 0.5) is 5.82 Å². The second-order valence-corrected chi connectivity index (χ2v) is 9.28. The van der Waals surface area contributed by atoms with Crippen LogP contribution in [0.1, 0.15) is 45.1 Å². The molecule has 0 aliphatic carbocycles. The monoisotopic (exact) mass is 462 g/mol. The minimum Gasteiger partial charge on any atom is -0.507 e. The Hall–Kier alpha value is -3.19. The summed E-state index contributed by atoms with van der Waals surface area (Å²) in [6.07, 6.45) is 2.24. The summed E-state index contributed by atoms with van der Waals surface area (Å²) < 4.78 is 0. The first-order valence-corrected chi connectivity index (χ1v) is 12.2. The molecule has 34 heavy (non-hydrogen) atoms. The second kappa shape index (κ2) is 9.97. The number of rotatable bonds is 7. The lowest BCUT2D eigenvalue weighted by Gasteiger charge is -2.37. The molecule has 2 aromatic carbocycles. The topological polar surface area (TPSA) is 89.8 Å². The third-order valence-corrected chi connectivity index (χ3v) is 6.76. The van der Waals surface area contributed by atoms with Crippen molar-refractivity contribution in [3.8, 4) is 17.1 Å². The second-order valence-electron chi connectivity index (χ2n) is 9.28. The Labute approximate surface area is 201 Å². The van der Waals surface area contributed by atoms with Crippen molar-refractivity contribution >= 4 is 22.6 Å². The van der Waals surface area contributed by atoms with Gasteiger partial charge >= 0.3 is 0 Å². The van der Waals surface area contributed by atoms with E-state index in [1.807, 2.05) is 56.0 Å². The molecule has 7 heteroatoms. The number of aryl methyl sites for hydroxylation is 1. The van der Waals surface area contributed by atoms with Crippen LogP contribution in [0.2, 0.25) is 0 Å². The van der Waals surface area contributed by atoms with Gasteiger partial charge in [-0.05, 0) is 49.6 Å². The smallest absolute Gasteiger partial charge is 0.225 e. The molecule has 7 nitrogen and oxygen atoms in total. The molecule has 1 atom stereocenters. The van der Waals surface area contributed by atoms with Gasteiger partial charge in [0, 0.05) is 31.6 Å². The van der Waals surface area contributed by atoms with Gasteiger partial charge in [-0.2, -0.15) is 0 Å². The largest absolute Gasteiger partial charge is 0.507 e. The van der Waals surface area contributed by atoms with E-state index in [0.717, 1.165) is 28.7 Å². The number of amides is 1. The predicted molar refractivity (Wildman–Crippen MR) is 135 cm³/mol. The first kappa shape index (κ1) is 24.0. The average molecular weight is 463 g/mol. The molecule has 1 aliphatic heterocycles. The van der Waals surface area contributed by atoms with Crippen LogP contribution < -0.4 is 4.90 Å². The number of fused-ring (bicyclic) bond motifs is 1. The molecule has 180 valence electrons. The normalized spacial score (nSPS) is 16.0. The number of benzene rings is 2. The van der Waals surface area contributed by atoms with E-state index in [4.69, 9.17) is 9.97 Å². The lowest BCUT2D eigenvalue weighted by atomic mass is 9.90. The van der Waals surface area contributed by atoms with Crippen molar-refractivity contribution in [2.75, 3.05) is 31.1 Å². The first-order valence-electron chi connectivity index (χ1n) is 12.2. The highest BCUT2D eigenvalue weighted by atomic mass is 16.3. The molecule has 0 spiro atoms. The van der Waals surface area contributed by atoms with Gasteiger partial charge in [0.15, 0.2) is 5.82 Å². The van der Waals surface area contributed by atoms with Crippen LogP contribution in [0, 0.1) is 6.92 Å². The molecular weight excluding hydrogens is 428 g/mol. The standard InChI is InChI=1S/C27H34N4O3/c1-4-12-27(34,5-2)18-24(33)30-13-15-31(16-14-30)26-20-11-10-19(3)17-22(20)28-25(29-26)21-8-6-7-9-23(21)32/h6-11,17,32,34H,4-5,12-16,18H2,1-3H3. The summed E-state index contributed by atoms with van der Waals surface area (Å²) in [5.74, 6) is 1.45. The van der Waals surface area contributed by atoms with Gasteiger partial charge in [0.05, 0.1) is 23.1 Å². The van der Waals surface area contributed by atoms with E-state index in [-0.39, 0.29) is 18.1 Å². The summed E-state index contributed by atoms with van der Waals surface area (Å²) in [6.45, 7) is 8.43. The zero-order valence-electron chi connectivity index (χ0n) is 20.3. The average Bonchev–Trinajstić information content (AvgIpc) is 2.83. The number of phenols is 1. The Kier molecular flexibility index (Phi) is 7.03. The lowest BCUT2D eigenvalue weighted by Crippen LogP contribution is -2.50. The number of aromatic nitrogens is 2. The van der Waals surface area contributed by atoms with Crippen molar-refractivity contribution in [2.45, 2.75) is 52.1 Å². The number of piperazine rings is 1. The maximum atomic E-state index is 12.9. The fourth-order valence-corrected chi connectivity index (χ4v) is 4.66. The minimum atomic E-state index is -0.920. The molecule has 1 amide bonds. The number of hydrogen-bond acceptors (Lipinski definition) is 6. The Balaban J connectivity index is 1.59. The molecule has 0 radical (unpaired) electrons. The van der Waals surface area contributed by atoms with E-state index in [1.165, 1.54) is 0 Å². The number of phenolic OH excluding ortho intramolecular Hbond substituents is 1. The fourth-order valence-electron chi connectivity index (χ4n) is 4.66. The Bertz CT molecular complexity index is 1170. The van der Waals surface area contributed by atoms with Crippen LogP contribution in [0.3, 0.4) is 0 Å². The van der Waals surface area contributed by atoms with Gasteiger partial charge in [-0.25, -0.2) is 9.97 Å². The van der Waals surface area contributed by atoms with Gasteiger partial charge in [0.25, 0.3) is 0 Å². The highest BCUT2D eigenvalue weighted by Gasteiger charge is 2.31. The van der Waals surface area contributed by atoms with Gasteiger partial charge in [-0.3, -0.25) is 4.79 Å². The quantitative estimate of drug-likeness (QED) is 0.544. The highest BCUT2D eigenvalue weighted by Crippen LogP contribution is 2.32. The number of nitrogens with zero attached hydrogens (tertiary/aromatic N) is 4. The Morgan fingerprint density at radius 1 is 1.06 bits per heavy atom. The van der Waals surface area contributed by atoms with E-state index >= 15 is 0 Å². The number of hydrogen-bond donors (Lipinski definition) is 2. The Morgan fingerprint density at radius 2 is 1.79 bits per heavy atom. The molecular formula is C27H34N4O3. The molecule has 2 heterocycles. The van der Waals surface area contributed by atoms with Crippen LogP contribution in [-0.2, 0) is 4.79 Å². The lowest BCUT2D eigenvalue weighted by molar-refractivity contribution is -0.137. The molecule has 1 aromatic heterocycles. The van der Waals surface area contributed by atoms with Gasteiger partial charge in [0.1, 0.15) is 11.6 Å². The molecule has 1 unspecified atom stereocenters. The van der Waals surface area contributed by atoms with Gasteiger partial charge in [-0.15, -0.1) is 0 Å². The molecule has 1 saturated heterocycles. The van der Waals surface area contributed by atoms with Crippen LogP contribution in [0.5, 0.6) is 5.75 Å². The van der Waals surface area contributed by atoms with E-state index < -0.39 is 5.60 Å². The summed E-state index contributed by atoms with van der Waals surface area (Å²) in [6, 6.07) is 13.2. The van der Waals surface area contributed by atoms with Crippen molar-refractivity contribution in [3.63, 3.8) is 0 Å². The van der Waals surface area contributed by atoms with Crippen molar-refractivity contribution < 1.29 is 15.0 Å². The van der Waals surface area contributed by atoms with Crippen LogP contribution in [0.25, 0.3) is 22.3 Å². The highest BCUT2D eigenvalue weighted by molar-refractivity contribution is 5.92. The third-order valence-electron chi connectivity index (χ3n) is 6.76. The van der Waals surface area contributed by atoms with Gasteiger partial charge in [0.2, 0.25) is 5.91 Å². The van der Waals surface area contributed by atoms with Gasteiger partial charge < -0.3 is 20.0 Å². The van der Waals surface area contributed by atoms with E-state index in [1.54, 1.807) is 12.1 Å². The van der Waals surface area contributed by atoms with Crippen LogP contribution in [0.15, 0.2) is 42.5 Å². The maximum Gasteiger partial charge on any atom is 0.225 e. The van der Waals surface area contributed by atoms with Crippen LogP contribution in [-0.4, -0.2) is 62.8 Å².